The summed E-state index contributed by atoms with van der Waals surface area (Å²) in [4.78, 5) is 10.1. The number of hydrogen-bond acceptors (Lipinski definition) is 4. The van der Waals surface area contributed by atoms with E-state index < -0.39 is 11.0 Å². The third-order valence-corrected chi connectivity index (χ3v) is 3.92. The summed E-state index contributed by atoms with van der Waals surface area (Å²) in [6.45, 7) is 10.1. The van der Waals surface area contributed by atoms with Gasteiger partial charge in [-0.25, -0.2) is 0 Å². The summed E-state index contributed by atoms with van der Waals surface area (Å²) in [5, 5.41) is 24.0. The lowest BCUT2D eigenvalue weighted by Crippen LogP contribution is -2.32. The second-order valence-corrected chi connectivity index (χ2v) is 6.17. The van der Waals surface area contributed by atoms with Crippen LogP contribution in [0, 0.1) is 27.9 Å². The first-order chi connectivity index (χ1) is 9.82. The van der Waals surface area contributed by atoms with Crippen LogP contribution in [0.2, 0.25) is 0 Å². The first-order valence-electron chi connectivity index (χ1n) is 7.46. The normalized spacial score (nSPS) is 13.1. The van der Waals surface area contributed by atoms with Crippen molar-refractivity contribution in [1.29, 1.82) is 0 Å². The molecule has 0 aromatic heterocycles. The lowest BCUT2D eigenvalue weighted by molar-refractivity contribution is -0.384. The fraction of sp³-hybridized carbons (Fsp3) is 0.625. The molecule has 0 aliphatic rings. The van der Waals surface area contributed by atoms with Crippen LogP contribution in [0.4, 0.5) is 5.69 Å². The van der Waals surface area contributed by atoms with E-state index in [9.17, 15) is 15.2 Å². The smallest absolute Gasteiger partial charge is 0.269 e. The van der Waals surface area contributed by atoms with Crippen LogP contribution in [0.25, 0.3) is 0 Å². The molecule has 0 radical (unpaired) electrons. The maximum absolute atomic E-state index is 10.6. The zero-order valence-electron chi connectivity index (χ0n) is 13.2. The van der Waals surface area contributed by atoms with Crippen LogP contribution in [0.5, 0.6) is 0 Å². The third-order valence-electron chi connectivity index (χ3n) is 3.92. The maximum atomic E-state index is 10.6. The van der Waals surface area contributed by atoms with Gasteiger partial charge in [-0.1, -0.05) is 27.7 Å². The van der Waals surface area contributed by atoms with Gasteiger partial charge in [-0.3, -0.25) is 10.1 Å². The van der Waals surface area contributed by atoms with E-state index in [4.69, 9.17) is 0 Å². The van der Waals surface area contributed by atoms with Gasteiger partial charge in [0, 0.05) is 18.7 Å². The van der Waals surface area contributed by atoms with Crippen molar-refractivity contribution < 1.29 is 10.0 Å². The molecular weight excluding hydrogens is 268 g/mol. The Kier molecular flexibility index (Phi) is 6.78. The zero-order chi connectivity index (χ0) is 16.0. The molecule has 21 heavy (non-hydrogen) atoms. The number of nitrogens with zero attached hydrogens (tertiary/aromatic N) is 1. The Morgan fingerprint density at radius 2 is 1.62 bits per heavy atom. The fourth-order valence-electron chi connectivity index (χ4n) is 2.56. The van der Waals surface area contributed by atoms with E-state index in [-0.39, 0.29) is 5.69 Å². The minimum absolute atomic E-state index is 0.0404. The number of benzene rings is 1. The average Bonchev–Trinajstić information content (AvgIpc) is 2.42. The molecule has 1 aromatic rings. The van der Waals surface area contributed by atoms with E-state index in [1.807, 2.05) is 0 Å². The van der Waals surface area contributed by atoms with Crippen molar-refractivity contribution in [3.63, 3.8) is 0 Å². The molecule has 0 spiro atoms. The Hall–Kier alpha value is -1.46. The van der Waals surface area contributed by atoms with Gasteiger partial charge in [0.15, 0.2) is 0 Å². The van der Waals surface area contributed by atoms with Crippen LogP contribution in [0.1, 0.15) is 39.4 Å². The average molecular weight is 294 g/mol. The van der Waals surface area contributed by atoms with Gasteiger partial charge >= 0.3 is 0 Å². The van der Waals surface area contributed by atoms with Crippen molar-refractivity contribution in [3.05, 3.63) is 39.9 Å². The molecule has 5 heteroatoms. The molecule has 0 bridgehead atoms. The number of nitro benzene ring substituents is 1. The number of nitro groups is 1. The van der Waals surface area contributed by atoms with Crippen LogP contribution in [0.15, 0.2) is 24.3 Å². The van der Waals surface area contributed by atoms with Gasteiger partial charge in [0.1, 0.15) is 0 Å². The Balaban J connectivity index is 2.50. The highest BCUT2D eigenvalue weighted by atomic mass is 16.6. The predicted molar refractivity (Wildman–Crippen MR) is 84.1 cm³/mol. The van der Waals surface area contributed by atoms with Crippen LogP contribution in [-0.4, -0.2) is 23.1 Å². The van der Waals surface area contributed by atoms with E-state index in [1.54, 1.807) is 12.1 Å². The third kappa shape index (κ3) is 5.44. The Morgan fingerprint density at radius 3 is 2.05 bits per heavy atom. The van der Waals surface area contributed by atoms with Gasteiger partial charge in [0.05, 0.1) is 11.0 Å². The minimum atomic E-state index is -0.647. The molecule has 1 aromatic carbocycles. The first kappa shape index (κ1) is 17.6. The van der Waals surface area contributed by atoms with Crippen molar-refractivity contribution in [1.82, 2.24) is 5.32 Å². The number of nitrogens with one attached hydrogen (secondary N) is 1. The summed E-state index contributed by atoms with van der Waals surface area (Å²) in [6, 6.07) is 6.05. The second kappa shape index (κ2) is 8.10. The van der Waals surface area contributed by atoms with E-state index in [0.29, 0.717) is 29.9 Å². The molecule has 0 amide bonds. The quantitative estimate of drug-likeness (QED) is 0.570. The van der Waals surface area contributed by atoms with Crippen LogP contribution in [0.3, 0.4) is 0 Å². The van der Waals surface area contributed by atoms with E-state index in [0.717, 1.165) is 6.54 Å². The SMILES string of the molecule is CC(C)C(CNCC(O)c1ccc([N+](=O)[O-])cc1)C(C)C. The topological polar surface area (TPSA) is 75.4 Å². The highest BCUT2D eigenvalue weighted by molar-refractivity contribution is 5.33. The lowest BCUT2D eigenvalue weighted by Gasteiger charge is -2.25. The van der Waals surface area contributed by atoms with Crippen LogP contribution >= 0.6 is 0 Å². The van der Waals surface area contributed by atoms with Crippen molar-refractivity contribution in [3.8, 4) is 0 Å². The minimum Gasteiger partial charge on any atom is -0.387 e. The lowest BCUT2D eigenvalue weighted by atomic mass is 9.85. The van der Waals surface area contributed by atoms with Crippen molar-refractivity contribution in [2.24, 2.45) is 17.8 Å². The molecule has 0 aliphatic carbocycles. The van der Waals surface area contributed by atoms with E-state index in [2.05, 4.69) is 33.0 Å². The van der Waals surface area contributed by atoms with Gasteiger partial charge in [-0.05, 0) is 42.0 Å². The fourth-order valence-corrected chi connectivity index (χ4v) is 2.56. The molecule has 0 saturated carbocycles. The maximum Gasteiger partial charge on any atom is 0.269 e. The highest BCUT2D eigenvalue weighted by Crippen LogP contribution is 2.20. The van der Waals surface area contributed by atoms with Gasteiger partial charge in [-0.15, -0.1) is 0 Å². The number of non-ortho nitro benzene ring substituents is 1. The van der Waals surface area contributed by atoms with Crippen molar-refractivity contribution >= 4 is 5.69 Å². The molecule has 0 saturated heterocycles. The summed E-state index contributed by atoms with van der Waals surface area (Å²) in [5.74, 6) is 1.75. The van der Waals surface area contributed by atoms with Gasteiger partial charge < -0.3 is 10.4 Å². The van der Waals surface area contributed by atoms with Gasteiger partial charge in [-0.2, -0.15) is 0 Å². The number of rotatable bonds is 8. The number of aliphatic hydroxyl groups is 1. The summed E-state index contributed by atoms with van der Waals surface area (Å²) in [7, 11) is 0. The largest absolute Gasteiger partial charge is 0.387 e. The molecule has 1 rings (SSSR count). The molecule has 0 heterocycles. The van der Waals surface area contributed by atoms with Gasteiger partial charge in [0.25, 0.3) is 5.69 Å². The molecule has 0 aliphatic heterocycles. The molecule has 1 atom stereocenters. The van der Waals surface area contributed by atoms with E-state index in [1.165, 1.54) is 12.1 Å². The highest BCUT2D eigenvalue weighted by Gasteiger charge is 2.17. The predicted octanol–water partition coefficient (Wildman–Crippen LogP) is 3.15. The summed E-state index contributed by atoms with van der Waals surface area (Å²) in [5.41, 5.74) is 0.734. The van der Waals surface area contributed by atoms with Gasteiger partial charge in [0.2, 0.25) is 0 Å². The van der Waals surface area contributed by atoms with Crippen molar-refractivity contribution in [2.75, 3.05) is 13.1 Å². The summed E-state index contributed by atoms with van der Waals surface area (Å²) < 4.78 is 0. The number of aliphatic hydroxyl groups excluding tert-OH is 1. The molecular formula is C16H26N2O3. The first-order valence-corrected chi connectivity index (χ1v) is 7.46. The molecule has 1 unspecified atom stereocenters. The summed E-state index contributed by atoms with van der Waals surface area (Å²) in [6.07, 6.45) is -0.647. The standard InChI is InChI=1S/C16H26N2O3/c1-11(2)15(12(3)4)9-17-10-16(19)13-5-7-14(8-6-13)18(20)21/h5-8,11-12,15-17,19H,9-10H2,1-4H3. The molecule has 2 N–H and O–H groups in total. The molecule has 5 nitrogen and oxygen atoms in total. The van der Waals surface area contributed by atoms with E-state index >= 15 is 0 Å². The Morgan fingerprint density at radius 1 is 1.10 bits per heavy atom. The monoisotopic (exact) mass is 294 g/mol. The van der Waals surface area contributed by atoms with Crippen LogP contribution < -0.4 is 5.32 Å². The second-order valence-electron chi connectivity index (χ2n) is 6.17. The summed E-state index contributed by atoms with van der Waals surface area (Å²) >= 11 is 0. The Bertz CT molecular complexity index is 435. The Labute approximate surface area is 126 Å². The number of hydrogen-bond donors (Lipinski definition) is 2. The molecule has 0 fully saturated rings. The van der Waals surface area contributed by atoms with Crippen LogP contribution in [-0.2, 0) is 0 Å². The van der Waals surface area contributed by atoms with Crippen molar-refractivity contribution in [2.45, 2.75) is 33.8 Å². The zero-order valence-corrected chi connectivity index (χ0v) is 13.2. The molecule has 118 valence electrons.